The van der Waals surface area contributed by atoms with Crippen molar-refractivity contribution in [3.63, 3.8) is 0 Å². The van der Waals surface area contributed by atoms with Crippen molar-refractivity contribution in [1.29, 1.82) is 0 Å². The first-order valence-corrected chi connectivity index (χ1v) is 5.73. The standard InChI is InChI=1S/C8H7BrF3NOS/c9-6-2-1-3-13(7(6)14)4-5-15-8(10,11)12/h1-3H,4-5H2. The van der Waals surface area contributed by atoms with Gasteiger partial charge in [0.15, 0.2) is 0 Å². The fourth-order valence-corrected chi connectivity index (χ4v) is 1.84. The first-order valence-electron chi connectivity index (χ1n) is 3.96. The molecule has 0 atom stereocenters. The van der Waals surface area contributed by atoms with Crippen LogP contribution in [0.25, 0.3) is 0 Å². The molecule has 0 aliphatic rings. The van der Waals surface area contributed by atoms with E-state index < -0.39 is 5.51 Å². The Hall–Kier alpha value is -0.430. The van der Waals surface area contributed by atoms with Crippen molar-refractivity contribution in [2.75, 3.05) is 5.75 Å². The predicted octanol–water partition coefficient (Wildman–Crippen LogP) is 2.86. The van der Waals surface area contributed by atoms with E-state index >= 15 is 0 Å². The van der Waals surface area contributed by atoms with E-state index in [4.69, 9.17) is 0 Å². The molecular weight excluding hydrogens is 295 g/mol. The summed E-state index contributed by atoms with van der Waals surface area (Å²) in [7, 11) is 0. The number of nitrogens with zero attached hydrogens (tertiary/aromatic N) is 1. The molecule has 0 spiro atoms. The largest absolute Gasteiger partial charge is 0.441 e. The lowest BCUT2D eigenvalue weighted by molar-refractivity contribution is -0.0328. The average Bonchev–Trinajstić information content (AvgIpc) is 2.10. The van der Waals surface area contributed by atoms with Crippen LogP contribution in [-0.2, 0) is 6.54 Å². The highest BCUT2D eigenvalue weighted by Gasteiger charge is 2.27. The van der Waals surface area contributed by atoms with Crippen LogP contribution >= 0.6 is 27.7 Å². The number of rotatable bonds is 3. The normalized spacial score (nSPS) is 11.7. The molecule has 7 heteroatoms. The minimum Gasteiger partial charge on any atom is -0.314 e. The number of alkyl halides is 3. The van der Waals surface area contributed by atoms with Crippen LogP contribution in [0.4, 0.5) is 13.2 Å². The van der Waals surface area contributed by atoms with Gasteiger partial charge in [-0.25, -0.2) is 0 Å². The number of hydrogen-bond donors (Lipinski definition) is 0. The third kappa shape index (κ3) is 4.29. The van der Waals surface area contributed by atoms with E-state index in [2.05, 4.69) is 15.9 Å². The highest BCUT2D eigenvalue weighted by atomic mass is 79.9. The van der Waals surface area contributed by atoms with Crippen molar-refractivity contribution in [2.45, 2.75) is 12.1 Å². The van der Waals surface area contributed by atoms with Crippen molar-refractivity contribution in [3.05, 3.63) is 33.2 Å². The van der Waals surface area contributed by atoms with E-state index in [1.807, 2.05) is 0 Å². The molecule has 0 radical (unpaired) electrons. The Kier molecular flexibility index (Phi) is 4.27. The Morgan fingerprint density at radius 1 is 1.47 bits per heavy atom. The summed E-state index contributed by atoms with van der Waals surface area (Å²) in [6, 6.07) is 3.15. The van der Waals surface area contributed by atoms with Gasteiger partial charge in [-0.05, 0) is 39.8 Å². The van der Waals surface area contributed by atoms with Gasteiger partial charge in [-0.3, -0.25) is 4.79 Å². The number of thioether (sulfide) groups is 1. The summed E-state index contributed by atoms with van der Waals surface area (Å²) in [6.45, 7) is 0.0441. The predicted molar refractivity (Wildman–Crippen MR) is 56.9 cm³/mol. The van der Waals surface area contributed by atoms with Gasteiger partial charge in [0, 0.05) is 18.5 Å². The smallest absolute Gasteiger partial charge is 0.314 e. The summed E-state index contributed by atoms with van der Waals surface area (Å²) in [5.41, 5.74) is -4.56. The molecule has 0 aromatic carbocycles. The highest BCUT2D eigenvalue weighted by Crippen LogP contribution is 2.29. The molecule has 0 amide bonds. The molecule has 0 aliphatic carbocycles. The molecule has 0 unspecified atom stereocenters. The lowest BCUT2D eigenvalue weighted by atomic mass is 10.5. The van der Waals surface area contributed by atoms with Crippen molar-refractivity contribution < 1.29 is 13.2 Å². The topological polar surface area (TPSA) is 22.0 Å². The van der Waals surface area contributed by atoms with Crippen molar-refractivity contribution in [2.24, 2.45) is 0 Å². The summed E-state index contributed by atoms with van der Waals surface area (Å²) in [6.07, 6.45) is 1.46. The molecular formula is C8H7BrF3NOS. The average molecular weight is 302 g/mol. The molecule has 1 aromatic heterocycles. The van der Waals surface area contributed by atoms with Gasteiger partial charge >= 0.3 is 5.51 Å². The highest BCUT2D eigenvalue weighted by molar-refractivity contribution is 9.10. The van der Waals surface area contributed by atoms with Crippen molar-refractivity contribution >= 4 is 27.7 Å². The molecule has 1 rings (SSSR count). The molecule has 15 heavy (non-hydrogen) atoms. The Morgan fingerprint density at radius 2 is 2.13 bits per heavy atom. The number of aromatic nitrogens is 1. The fourth-order valence-electron chi connectivity index (χ4n) is 0.943. The molecule has 0 saturated heterocycles. The molecule has 0 aliphatic heterocycles. The summed E-state index contributed by atoms with van der Waals surface area (Å²) in [5, 5.41) is 0. The molecule has 84 valence electrons. The summed E-state index contributed by atoms with van der Waals surface area (Å²) in [5.74, 6) is -0.167. The van der Waals surface area contributed by atoms with Gasteiger partial charge < -0.3 is 4.57 Å². The summed E-state index contributed by atoms with van der Waals surface area (Å²) >= 11 is 2.88. The first kappa shape index (κ1) is 12.6. The minimum atomic E-state index is -4.24. The minimum absolute atomic E-state index is 0.0441. The second kappa shape index (κ2) is 5.07. The van der Waals surface area contributed by atoms with E-state index in [1.165, 1.54) is 10.8 Å². The van der Waals surface area contributed by atoms with Gasteiger partial charge in [0.2, 0.25) is 0 Å². The maximum atomic E-state index is 11.8. The zero-order valence-electron chi connectivity index (χ0n) is 7.42. The SMILES string of the molecule is O=c1c(Br)cccn1CCSC(F)(F)F. The second-order valence-electron chi connectivity index (χ2n) is 2.65. The quantitative estimate of drug-likeness (QED) is 0.856. The maximum Gasteiger partial charge on any atom is 0.441 e. The zero-order chi connectivity index (χ0) is 11.5. The van der Waals surface area contributed by atoms with Gasteiger partial charge in [0.1, 0.15) is 0 Å². The van der Waals surface area contributed by atoms with Crippen LogP contribution in [-0.4, -0.2) is 15.8 Å². The molecule has 0 bridgehead atoms. The monoisotopic (exact) mass is 301 g/mol. The third-order valence-electron chi connectivity index (χ3n) is 1.57. The molecule has 0 saturated carbocycles. The molecule has 1 heterocycles. The lowest BCUT2D eigenvalue weighted by Crippen LogP contribution is -2.21. The molecule has 0 N–H and O–H groups in total. The zero-order valence-corrected chi connectivity index (χ0v) is 9.82. The van der Waals surface area contributed by atoms with E-state index in [1.54, 1.807) is 12.1 Å². The number of pyridine rings is 1. The van der Waals surface area contributed by atoms with Crippen LogP contribution < -0.4 is 5.56 Å². The van der Waals surface area contributed by atoms with Crippen molar-refractivity contribution in [3.8, 4) is 0 Å². The number of aryl methyl sites for hydroxylation is 1. The Morgan fingerprint density at radius 3 is 2.73 bits per heavy atom. The molecule has 2 nitrogen and oxygen atoms in total. The van der Waals surface area contributed by atoms with Gasteiger partial charge in [0.05, 0.1) is 4.47 Å². The number of hydrogen-bond acceptors (Lipinski definition) is 2. The molecule has 1 aromatic rings. The van der Waals surface area contributed by atoms with Crippen LogP contribution in [0.3, 0.4) is 0 Å². The second-order valence-corrected chi connectivity index (χ2v) is 4.66. The van der Waals surface area contributed by atoms with Gasteiger partial charge in [-0.2, -0.15) is 13.2 Å². The Labute approximate surface area is 96.6 Å². The fraction of sp³-hybridized carbons (Fsp3) is 0.375. The summed E-state index contributed by atoms with van der Waals surface area (Å²) in [4.78, 5) is 11.3. The Bertz CT molecular complexity index is 390. The van der Waals surface area contributed by atoms with Crippen LogP contribution in [0.1, 0.15) is 0 Å². The summed E-state index contributed by atoms with van der Waals surface area (Å²) < 4.78 is 37.0. The van der Waals surface area contributed by atoms with E-state index in [9.17, 15) is 18.0 Å². The van der Waals surface area contributed by atoms with Crippen LogP contribution in [0, 0.1) is 0 Å². The molecule has 0 fully saturated rings. The lowest BCUT2D eigenvalue weighted by Gasteiger charge is -2.07. The van der Waals surface area contributed by atoms with Crippen LogP contribution in [0.15, 0.2) is 27.6 Å². The van der Waals surface area contributed by atoms with Gasteiger partial charge in [-0.1, -0.05) is 0 Å². The van der Waals surface area contributed by atoms with Gasteiger partial charge in [-0.15, -0.1) is 0 Å². The van der Waals surface area contributed by atoms with E-state index in [0.717, 1.165) is 0 Å². The van der Waals surface area contributed by atoms with E-state index in [-0.39, 0.29) is 29.6 Å². The maximum absolute atomic E-state index is 11.8. The Balaban J connectivity index is 2.59. The first-order chi connectivity index (χ1) is 6.90. The third-order valence-corrected chi connectivity index (χ3v) is 2.89. The van der Waals surface area contributed by atoms with Gasteiger partial charge in [0.25, 0.3) is 5.56 Å². The van der Waals surface area contributed by atoms with Crippen LogP contribution in [0.5, 0.6) is 0 Å². The van der Waals surface area contributed by atoms with E-state index in [0.29, 0.717) is 4.47 Å². The van der Waals surface area contributed by atoms with Crippen molar-refractivity contribution in [1.82, 2.24) is 4.57 Å². The number of halogens is 4. The van der Waals surface area contributed by atoms with Crippen LogP contribution in [0.2, 0.25) is 0 Å².